The van der Waals surface area contributed by atoms with Crippen molar-refractivity contribution in [3.8, 4) is 22.5 Å². The third-order valence-corrected chi connectivity index (χ3v) is 14.9. The normalized spacial score (nSPS) is 15.0. The lowest BCUT2D eigenvalue weighted by Crippen LogP contribution is -2.33. The van der Waals surface area contributed by atoms with Crippen molar-refractivity contribution in [1.29, 1.82) is 0 Å². The Labute approximate surface area is 418 Å². The summed E-state index contributed by atoms with van der Waals surface area (Å²) in [5.41, 5.74) is 17.8. The molecule has 10 aromatic carbocycles. The summed E-state index contributed by atoms with van der Waals surface area (Å²) >= 11 is 0. The Balaban J connectivity index is 1.01. The monoisotopic (exact) mass is 924 g/mol. The molecule has 0 radical (unpaired) electrons. The SMILES string of the molecule is CC1(C)c2ccc3c4ccccc4n(-c4cccc(-c5ccccc5)c4)c3c2N(c2ccccc2)c2ccc3c4ccccc4n(-c4cccc(C5N=C(c6ccccc6)N=C(c6ccccc6)N5)c4)c3c21. The minimum atomic E-state index is -0.471. The van der Waals surface area contributed by atoms with Crippen LogP contribution in [0.5, 0.6) is 0 Å². The van der Waals surface area contributed by atoms with Crippen LogP contribution in [0.1, 0.15) is 47.8 Å². The lowest BCUT2D eigenvalue weighted by molar-refractivity contribution is 0.636. The van der Waals surface area contributed by atoms with Gasteiger partial charge in [0.05, 0.1) is 33.4 Å². The second-order valence-corrected chi connectivity index (χ2v) is 19.4. The van der Waals surface area contributed by atoms with E-state index in [2.05, 4.69) is 252 Å². The van der Waals surface area contributed by atoms with E-state index in [0.29, 0.717) is 5.84 Å². The van der Waals surface area contributed by atoms with Gasteiger partial charge in [0, 0.05) is 60.7 Å². The van der Waals surface area contributed by atoms with Crippen LogP contribution >= 0.6 is 0 Å². The summed E-state index contributed by atoms with van der Waals surface area (Å²) in [6.07, 6.45) is -0.380. The van der Waals surface area contributed by atoms with Crippen molar-refractivity contribution >= 4 is 72.3 Å². The minimum Gasteiger partial charge on any atom is -0.344 e. The number of hydrogen-bond donors (Lipinski definition) is 1. The molecule has 0 spiro atoms. The Morgan fingerprint density at radius 2 is 0.958 bits per heavy atom. The Hall–Kier alpha value is -9.26. The van der Waals surface area contributed by atoms with E-state index >= 15 is 0 Å². The number of nitrogens with zero attached hydrogens (tertiary/aromatic N) is 5. The topological polar surface area (TPSA) is 49.9 Å². The quantitative estimate of drug-likeness (QED) is 0.173. The van der Waals surface area contributed by atoms with Crippen molar-refractivity contribution in [1.82, 2.24) is 14.5 Å². The Bertz CT molecular complexity index is 4150. The molecule has 342 valence electrons. The second kappa shape index (κ2) is 16.4. The largest absolute Gasteiger partial charge is 0.344 e. The van der Waals surface area contributed by atoms with Gasteiger partial charge in [0.1, 0.15) is 12.0 Å². The number of nitrogens with one attached hydrogen (secondary N) is 1. The van der Waals surface area contributed by atoms with Gasteiger partial charge in [-0.05, 0) is 76.9 Å². The number of para-hydroxylation sites is 3. The van der Waals surface area contributed by atoms with Gasteiger partial charge in [-0.2, -0.15) is 0 Å². The molecule has 0 saturated heterocycles. The van der Waals surface area contributed by atoms with Gasteiger partial charge >= 0.3 is 0 Å². The van der Waals surface area contributed by atoms with E-state index in [0.717, 1.165) is 50.8 Å². The van der Waals surface area contributed by atoms with Gasteiger partial charge in [0.25, 0.3) is 0 Å². The highest BCUT2D eigenvalue weighted by Crippen LogP contribution is 2.58. The zero-order chi connectivity index (χ0) is 47.9. The molecule has 14 rings (SSSR count). The molecule has 0 fully saturated rings. The fourth-order valence-electron chi connectivity index (χ4n) is 11.6. The molecule has 0 saturated carbocycles. The summed E-state index contributed by atoms with van der Waals surface area (Å²) < 4.78 is 5.01. The Kier molecular flexibility index (Phi) is 9.51. The molecule has 12 aromatic rings. The lowest BCUT2D eigenvalue weighted by Gasteiger charge is -2.43. The van der Waals surface area contributed by atoms with Crippen LogP contribution in [0.4, 0.5) is 17.1 Å². The van der Waals surface area contributed by atoms with Gasteiger partial charge < -0.3 is 19.4 Å². The number of rotatable bonds is 7. The van der Waals surface area contributed by atoms with Crippen LogP contribution in [0.2, 0.25) is 0 Å². The molecule has 0 bridgehead atoms. The zero-order valence-corrected chi connectivity index (χ0v) is 39.9. The average Bonchev–Trinajstić information content (AvgIpc) is 3.97. The van der Waals surface area contributed by atoms with Crippen molar-refractivity contribution in [3.05, 3.63) is 270 Å². The molecule has 0 amide bonds. The molecule has 6 nitrogen and oxygen atoms in total. The molecule has 1 N–H and O–H groups in total. The van der Waals surface area contributed by atoms with Crippen LogP contribution in [-0.4, -0.2) is 20.8 Å². The Morgan fingerprint density at radius 3 is 1.65 bits per heavy atom. The molecule has 2 aliphatic rings. The first kappa shape index (κ1) is 41.7. The van der Waals surface area contributed by atoms with Gasteiger partial charge in [-0.15, -0.1) is 0 Å². The van der Waals surface area contributed by atoms with Crippen molar-refractivity contribution in [2.24, 2.45) is 9.98 Å². The maximum atomic E-state index is 5.30. The molecular weight excluding hydrogens is 877 g/mol. The summed E-state index contributed by atoms with van der Waals surface area (Å²) in [5.74, 6) is 1.50. The number of amidine groups is 2. The third-order valence-electron chi connectivity index (χ3n) is 14.9. The van der Waals surface area contributed by atoms with Crippen molar-refractivity contribution in [3.63, 3.8) is 0 Å². The maximum Gasteiger partial charge on any atom is 0.159 e. The van der Waals surface area contributed by atoms with Crippen LogP contribution in [-0.2, 0) is 5.41 Å². The van der Waals surface area contributed by atoms with Gasteiger partial charge in [-0.3, -0.25) is 0 Å². The number of benzene rings is 10. The van der Waals surface area contributed by atoms with Gasteiger partial charge in [-0.1, -0.05) is 202 Å². The summed E-state index contributed by atoms with van der Waals surface area (Å²) in [6.45, 7) is 4.85. The van der Waals surface area contributed by atoms with Gasteiger partial charge in [-0.25, -0.2) is 9.98 Å². The first-order valence-corrected chi connectivity index (χ1v) is 24.8. The van der Waals surface area contributed by atoms with E-state index < -0.39 is 5.41 Å². The number of anilines is 3. The van der Waals surface area contributed by atoms with Crippen molar-refractivity contribution < 1.29 is 0 Å². The lowest BCUT2D eigenvalue weighted by atomic mass is 9.72. The fraction of sp³-hybridized carbons (Fsp3) is 0.0606. The number of aliphatic imine (C=N–C) groups is 2. The molecule has 1 atom stereocenters. The molecule has 1 unspecified atom stereocenters. The van der Waals surface area contributed by atoms with Crippen molar-refractivity contribution in [2.45, 2.75) is 25.4 Å². The fourth-order valence-corrected chi connectivity index (χ4v) is 11.6. The summed E-state index contributed by atoms with van der Waals surface area (Å²) in [7, 11) is 0. The number of hydrogen-bond acceptors (Lipinski definition) is 4. The van der Waals surface area contributed by atoms with E-state index in [1.165, 1.54) is 66.0 Å². The van der Waals surface area contributed by atoms with Crippen LogP contribution in [0.3, 0.4) is 0 Å². The molecule has 2 aromatic heterocycles. The first-order chi connectivity index (χ1) is 35.5. The minimum absolute atomic E-state index is 0.380. The highest BCUT2D eigenvalue weighted by Gasteiger charge is 2.42. The van der Waals surface area contributed by atoms with Crippen LogP contribution in [0.25, 0.3) is 66.1 Å². The molecule has 72 heavy (non-hydrogen) atoms. The van der Waals surface area contributed by atoms with E-state index in [9.17, 15) is 0 Å². The second-order valence-electron chi connectivity index (χ2n) is 19.4. The highest BCUT2D eigenvalue weighted by molar-refractivity contribution is 6.18. The predicted octanol–water partition coefficient (Wildman–Crippen LogP) is 16.2. The van der Waals surface area contributed by atoms with Gasteiger partial charge in [0.15, 0.2) is 5.84 Å². The average molecular weight is 925 g/mol. The predicted molar refractivity (Wildman–Crippen MR) is 299 cm³/mol. The van der Waals surface area contributed by atoms with E-state index in [1.807, 2.05) is 24.3 Å². The number of fused-ring (bicyclic) bond motifs is 10. The standard InChI is InChI=1S/C66H48N6/c1-66(2)55-39-37-54-52-34-16-18-36-57(52)72(49-31-19-27-46(41-49)43-21-7-3-8-22-43)61(54)62(55)70(48-29-13-6-14-30-48)58-40-38-53-51-33-15-17-35-56(51)71(60(53)59(58)66)50-32-20-28-47(42-50)65-68-63(44-23-9-4-10-24-44)67-64(69-65)45-25-11-5-12-26-45/h3-42,65H,1-2H3,(H,67,68,69). The summed E-state index contributed by atoms with van der Waals surface area (Å²) in [6, 6.07) is 87.5. The van der Waals surface area contributed by atoms with E-state index in [4.69, 9.17) is 9.98 Å². The molecular formula is C66H48N6. The molecule has 2 aliphatic heterocycles. The van der Waals surface area contributed by atoms with Crippen LogP contribution < -0.4 is 10.2 Å². The van der Waals surface area contributed by atoms with Gasteiger partial charge in [0.2, 0.25) is 0 Å². The van der Waals surface area contributed by atoms with Crippen molar-refractivity contribution in [2.75, 3.05) is 4.90 Å². The molecule has 4 heterocycles. The third kappa shape index (κ3) is 6.49. The van der Waals surface area contributed by atoms with Crippen LogP contribution in [0.15, 0.2) is 253 Å². The first-order valence-electron chi connectivity index (χ1n) is 24.8. The highest BCUT2D eigenvalue weighted by atomic mass is 15.2. The summed E-state index contributed by atoms with van der Waals surface area (Å²) in [5, 5.41) is 8.59. The van der Waals surface area contributed by atoms with E-state index in [-0.39, 0.29) is 6.17 Å². The maximum absolute atomic E-state index is 5.30. The smallest absolute Gasteiger partial charge is 0.159 e. The van der Waals surface area contributed by atoms with E-state index in [1.54, 1.807) is 0 Å². The Morgan fingerprint density at radius 1 is 0.431 bits per heavy atom. The summed E-state index contributed by atoms with van der Waals surface area (Å²) in [4.78, 5) is 12.9. The zero-order valence-electron chi connectivity index (χ0n) is 39.9. The number of aromatic nitrogens is 2. The molecule has 6 heteroatoms. The molecule has 0 aliphatic carbocycles. The van der Waals surface area contributed by atoms with Crippen LogP contribution in [0, 0.1) is 0 Å².